The van der Waals surface area contributed by atoms with E-state index in [1.165, 1.54) is 25.7 Å². The molecule has 3 heteroatoms. The quantitative estimate of drug-likeness (QED) is 0.906. The second kappa shape index (κ2) is 5.43. The smallest absolute Gasteiger partial charge is 0.0735 e. The fourth-order valence-corrected chi connectivity index (χ4v) is 4.09. The minimum atomic E-state index is 0.399. The van der Waals surface area contributed by atoms with E-state index in [1.807, 2.05) is 18.2 Å². The lowest BCUT2D eigenvalue weighted by molar-refractivity contribution is -0.138. The van der Waals surface area contributed by atoms with Crippen molar-refractivity contribution in [2.24, 2.45) is 5.41 Å². The van der Waals surface area contributed by atoms with Crippen molar-refractivity contribution in [2.45, 2.75) is 50.9 Å². The van der Waals surface area contributed by atoms with E-state index < -0.39 is 0 Å². The molecule has 2 saturated carbocycles. The van der Waals surface area contributed by atoms with E-state index >= 15 is 0 Å². The first-order chi connectivity index (χ1) is 9.26. The zero-order chi connectivity index (χ0) is 13.3. The van der Waals surface area contributed by atoms with Crippen LogP contribution in [0.15, 0.2) is 24.3 Å². The maximum Gasteiger partial charge on any atom is 0.0735 e. The highest BCUT2D eigenvalue weighted by Gasteiger charge is 2.56. The van der Waals surface area contributed by atoms with Gasteiger partial charge in [0.15, 0.2) is 0 Å². The first-order valence-electron chi connectivity index (χ1n) is 7.28. The van der Waals surface area contributed by atoms with Crippen LogP contribution in [0.4, 0.5) is 0 Å². The van der Waals surface area contributed by atoms with Gasteiger partial charge in [-0.1, -0.05) is 42.6 Å². The van der Waals surface area contributed by atoms with E-state index in [0.717, 1.165) is 17.0 Å². The van der Waals surface area contributed by atoms with Gasteiger partial charge in [-0.15, -0.1) is 0 Å². The lowest BCUT2D eigenvalue weighted by atomic mass is 9.60. The molecule has 0 radical (unpaired) electrons. The van der Waals surface area contributed by atoms with Gasteiger partial charge in [-0.3, -0.25) is 0 Å². The summed E-state index contributed by atoms with van der Waals surface area (Å²) in [7, 11) is 2.08. The number of hydrogen-bond donors (Lipinski definition) is 1. The minimum absolute atomic E-state index is 0.399. The fraction of sp³-hybridized carbons (Fsp3) is 0.625. The summed E-state index contributed by atoms with van der Waals surface area (Å²) in [6, 6.07) is 8.62. The Morgan fingerprint density at radius 2 is 2.05 bits per heavy atom. The lowest BCUT2D eigenvalue weighted by Gasteiger charge is -2.54. The zero-order valence-electron chi connectivity index (χ0n) is 11.5. The van der Waals surface area contributed by atoms with Gasteiger partial charge in [-0.05, 0) is 37.9 Å². The molecule has 19 heavy (non-hydrogen) atoms. The molecule has 2 atom stereocenters. The molecular formula is C16H22ClNO. The third kappa shape index (κ3) is 2.31. The van der Waals surface area contributed by atoms with Gasteiger partial charge in [0.25, 0.3) is 0 Å². The third-order valence-electron chi connectivity index (χ3n) is 5.07. The lowest BCUT2D eigenvalue weighted by Crippen LogP contribution is -2.61. The van der Waals surface area contributed by atoms with E-state index in [2.05, 4.69) is 18.4 Å². The fourth-order valence-electron chi connectivity index (χ4n) is 3.90. The number of rotatable bonds is 4. The first kappa shape index (κ1) is 13.4. The average Bonchev–Trinajstić information content (AvgIpc) is 2.92. The maximum atomic E-state index is 6.19. The molecule has 1 aromatic rings. The molecule has 1 N–H and O–H groups in total. The van der Waals surface area contributed by atoms with Gasteiger partial charge < -0.3 is 10.1 Å². The Morgan fingerprint density at radius 1 is 1.32 bits per heavy atom. The van der Waals surface area contributed by atoms with Gasteiger partial charge in [-0.25, -0.2) is 0 Å². The van der Waals surface area contributed by atoms with Crippen LogP contribution in [0.2, 0.25) is 5.02 Å². The Hall–Kier alpha value is -0.570. The van der Waals surface area contributed by atoms with Crippen molar-refractivity contribution >= 4 is 11.6 Å². The molecule has 2 unspecified atom stereocenters. The van der Waals surface area contributed by atoms with Crippen molar-refractivity contribution in [1.29, 1.82) is 0 Å². The molecule has 0 amide bonds. The predicted molar refractivity (Wildman–Crippen MR) is 78.4 cm³/mol. The van der Waals surface area contributed by atoms with Crippen LogP contribution in [0.25, 0.3) is 0 Å². The van der Waals surface area contributed by atoms with Crippen molar-refractivity contribution in [3.8, 4) is 0 Å². The highest BCUT2D eigenvalue weighted by molar-refractivity contribution is 6.31. The Kier molecular flexibility index (Phi) is 3.84. The van der Waals surface area contributed by atoms with Crippen LogP contribution >= 0.6 is 11.6 Å². The number of benzene rings is 1. The summed E-state index contributed by atoms with van der Waals surface area (Å²) in [5, 5.41) is 4.28. The zero-order valence-corrected chi connectivity index (χ0v) is 12.2. The van der Waals surface area contributed by atoms with Gasteiger partial charge in [0, 0.05) is 16.5 Å². The first-order valence-corrected chi connectivity index (χ1v) is 7.66. The molecule has 0 bridgehead atoms. The topological polar surface area (TPSA) is 21.3 Å². The minimum Gasteiger partial charge on any atom is -0.373 e. The molecule has 1 spiro atoms. The summed E-state index contributed by atoms with van der Waals surface area (Å²) in [5.74, 6) is 0. The van der Waals surface area contributed by atoms with Crippen molar-refractivity contribution in [3.05, 3.63) is 34.9 Å². The molecule has 0 heterocycles. The van der Waals surface area contributed by atoms with E-state index in [0.29, 0.717) is 24.2 Å². The summed E-state index contributed by atoms with van der Waals surface area (Å²) in [6.07, 6.45) is 6.87. The number of ether oxygens (including phenoxy) is 1. The normalized spacial score (nSPS) is 28.5. The summed E-state index contributed by atoms with van der Waals surface area (Å²) < 4.78 is 6.19. The van der Waals surface area contributed by atoms with Gasteiger partial charge >= 0.3 is 0 Å². The Bertz CT molecular complexity index is 442. The van der Waals surface area contributed by atoms with Crippen LogP contribution < -0.4 is 5.32 Å². The molecule has 104 valence electrons. The number of nitrogens with one attached hydrogen (secondary N) is 1. The molecule has 0 aromatic heterocycles. The highest BCUT2D eigenvalue weighted by Crippen LogP contribution is 2.54. The van der Waals surface area contributed by atoms with Gasteiger partial charge in [0.1, 0.15) is 0 Å². The van der Waals surface area contributed by atoms with Crippen LogP contribution in [0, 0.1) is 5.41 Å². The van der Waals surface area contributed by atoms with Crippen molar-refractivity contribution in [2.75, 3.05) is 7.05 Å². The second-order valence-electron chi connectivity index (χ2n) is 5.91. The van der Waals surface area contributed by atoms with E-state index in [4.69, 9.17) is 16.3 Å². The summed E-state index contributed by atoms with van der Waals surface area (Å²) >= 11 is 6.18. The van der Waals surface area contributed by atoms with E-state index in [9.17, 15) is 0 Å². The summed E-state index contributed by atoms with van der Waals surface area (Å²) in [5.41, 5.74) is 1.50. The molecule has 0 saturated heterocycles. The molecule has 3 rings (SSSR count). The Labute approximate surface area is 120 Å². The van der Waals surface area contributed by atoms with Crippen LogP contribution in [-0.2, 0) is 11.3 Å². The van der Waals surface area contributed by atoms with Crippen LogP contribution in [0.3, 0.4) is 0 Å². The molecule has 2 nitrogen and oxygen atoms in total. The second-order valence-corrected chi connectivity index (χ2v) is 6.32. The molecular weight excluding hydrogens is 258 g/mol. The van der Waals surface area contributed by atoms with E-state index in [1.54, 1.807) is 0 Å². The van der Waals surface area contributed by atoms with Crippen molar-refractivity contribution < 1.29 is 4.74 Å². The van der Waals surface area contributed by atoms with Crippen LogP contribution in [0.5, 0.6) is 0 Å². The van der Waals surface area contributed by atoms with Gasteiger partial charge in [0.05, 0.1) is 12.7 Å². The van der Waals surface area contributed by atoms with Crippen LogP contribution in [-0.4, -0.2) is 19.2 Å². The molecule has 1 aromatic carbocycles. The standard InChI is InChI=1S/C16H22ClNO/c1-18-14-10-15(16(14)8-4-5-9-16)19-11-12-6-2-3-7-13(12)17/h2-3,6-7,14-15,18H,4-5,8-11H2,1H3. The van der Waals surface area contributed by atoms with Crippen LogP contribution in [0.1, 0.15) is 37.7 Å². The molecule has 0 aliphatic heterocycles. The SMILES string of the molecule is CNC1CC(OCc2ccccc2Cl)C12CCCC2. The monoisotopic (exact) mass is 279 g/mol. The Morgan fingerprint density at radius 3 is 2.74 bits per heavy atom. The van der Waals surface area contributed by atoms with Crippen molar-refractivity contribution in [1.82, 2.24) is 5.32 Å². The summed E-state index contributed by atoms with van der Waals surface area (Å²) in [4.78, 5) is 0. The molecule has 2 fully saturated rings. The third-order valence-corrected chi connectivity index (χ3v) is 5.43. The number of hydrogen-bond acceptors (Lipinski definition) is 2. The molecule has 2 aliphatic carbocycles. The van der Waals surface area contributed by atoms with E-state index in [-0.39, 0.29) is 0 Å². The maximum absolute atomic E-state index is 6.19. The molecule has 2 aliphatic rings. The van der Waals surface area contributed by atoms with Gasteiger partial charge in [-0.2, -0.15) is 0 Å². The van der Waals surface area contributed by atoms with Gasteiger partial charge in [0.2, 0.25) is 0 Å². The number of halogens is 1. The summed E-state index contributed by atoms with van der Waals surface area (Å²) in [6.45, 7) is 0.641. The highest BCUT2D eigenvalue weighted by atomic mass is 35.5. The Balaban J connectivity index is 1.63. The largest absolute Gasteiger partial charge is 0.373 e. The predicted octanol–water partition coefficient (Wildman–Crippen LogP) is 3.78. The average molecular weight is 280 g/mol. The van der Waals surface area contributed by atoms with Crippen molar-refractivity contribution in [3.63, 3.8) is 0 Å².